The van der Waals surface area contributed by atoms with Gasteiger partial charge in [0.25, 0.3) is 0 Å². The predicted molar refractivity (Wildman–Crippen MR) is 108 cm³/mol. The summed E-state index contributed by atoms with van der Waals surface area (Å²) in [7, 11) is 3.65. The van der Waals surface area contributed by atoms with Crippen molar-refractivity contribution in [3.63, 3.8) is 0 Å². The van der Waals surface area contributed by atoms with E-state index in [2.05, 4.69) is 56.8 Å². The summed E-state index contributed by atoms with van der Waals surface area (Å²) in [6.45, 7) is 2.05. The summed E-state index contributed by atoms with van der Waals surface area (Å²) in [5, 5.41) is 4.77. The van der Waals surface area contributed by atoms with Crippen molar-refractivity contribution in [1.82, 2.24) is 15.0 Å². The molecule has 0 bridgehead atoms. The molecule has 6 heteroatoms. The Kier molecular flexibility index (Phi) is 4.78. The van der Waals surface area contributed by atoms with Gasteiger partial charge in [-0.05, 0) is 43.9 Å². The van der Waals surface area contributed by atoms with Gasteiger partial charge in [-0.3, -0.25) is 0 Å². The number of nitrogens with zero attached hydrogens (tertiary/aromatic N) is 2. The van der Waals surface area contributed by atoms with Crippen LogP contribution in [-0.2, 0) is 6.42 Å². The molecule has 1 aliphatic carbocycles. The number of nitrogens with one attached hydrogen (secondary N) is 2. The van der Waals surface area contributed by atoms with Crippen LogP contribution >= 0.6 is 0 Å². The third-order valence-corrected chi connectivity index (χ3v) is 5.58. The minimum atomic E-state index is 0.251. The normalized spacial score (nSPS) is 14.9. The first-order valence-corrected chi connectivity index (χ1v) is 9.98. The van der Waals surface area contributed by atoms with E-state index in [9.17, 15) is 0 Å². The Morgan fingerprint density at radius 1 is 1.31 bits per heavy atom. The number of aromatic nitrogens is 3. The second kappa shape index (κ2) is 7.21. The molecule has 26 heavy (non-hydrogen) atoms. The van der Waals surface area contributed by atoms with Crippen LogP contribution in [0.1, 0.15) is 37.3 Å². The van der Waals surface area contributed by atoms with Gasteiger partial charge in [-0.2, -0.15) is 0 Å². The summed E-state index contributed by atoms with van der Waals surface area (Å²) >= 11 is 0. The van der Waals surface area contributed by atoms with Crippen LogP contribution in [0.3, 0.4) is 0 Å². The fraction of sp³-hybridized carbons (Fsp3) is 0.400. The molecule has 0 saturated heterocycles. The number of nitrogens with two attached hydrogens (primary N) is 1. The molecule has 2 aromatic heterocycles. The van der Waals surface area contributed by atoms with Gasteiger partial charge >= 0.3 is 0 Å². The third kappa shape index (κ3) is 3.26. The van der Waals surface area contributed by atoms with E-state index >= 15 is 0 Å². The van der Waals surface area contributed by atoms with Gasteiger partial charge in [0.05, 0.1) is 5.69 Å². The van der Waals surface area contributed by atoms with Crippen LogP contribution in [0.2, 0.25) is 6.04 Å². The van der Waals surface area contributed by atoms with E-state index in [1.54, 1.807) is 0 Å². The highest BCUT2D eigenvalue weighted by molar-refractivity contribution is 6.09. The zero-order chi connectivity index (χ0) is 18.1. The summed E-state index contributed by atoms with van der Waals surface area (Å²) in [5.41, 5.74) is 11.8. The topological polar surface area (TPSA) is 79.6 Å². The van der Waals surface area contributed by atoms with Crippen LogP contribution in [0.15, 0.2) is 30.6 Å². The zero-order valence-corrected chi connectivity index (χ0v) is 16.0. The summed E-state index contributed by atoms with van der Waals surface area (Å²) in [4.78, 5) is 12.8. The molecule has 133 valence electrons. The lowest BCUT2D eigenvalue weighted by Crippen LogP contribution is -2.22. The first kappa shape index (κ1) is 17.2. The molecule has 0 saturated carbocycles. The second-order valence-electron chi connectivity index (χ2n) is 7.24. The second-order valence-corrected chi connectivity index (χ2v) is 7.65. The van der Waals surface area contributed by atoms with E-state index in [0.29, 0.717) is 12.0 Å². The summed E-state index contributed by atoms with van der Waals surface area (Å²) in [5.74, 6) is 0.696. The average Bonchev–Trinajstić information content (AvgIpc) is 3.07. The molecule has 0 amide bonds. The highest BCUT2D eigenvalue weighted by atomic mass is 28.1. The Morgan fingerprint density at radius 3 is 3.00 bits per heavy atom. The van der Waals surface area contributed by atoms with E-state index in [1.165, 1.54) is 27.6 Å². The highest BCUT2D eigenvalue weighted by Gasteiger charge is 2.22. The van der Waals surface area contributed by atoms with E-state index in [1.807, 2.05) is 6.20 Å². The van der Waals surface area contributed by atoms with Gasteiger partial charge in [-0.15, -0.1) is 0 Å². The van der Waals surface area contributed by atoms with E-state index in [-0.39, 0.29) is 6.04 Å². The average molecular weight is 363 g/mol. The molecule has 2 atom stereocenters. The largest absolute Gasteiger partial charge is 0.360 e. The van der Waals surface area contributed by atoms with Gasteiger partial charge < -0.3 is 16.0 Å². The SMILES string of the molecule is CC(N)CCCC(C[Si])Nc1ncc2c(n1)-c1c[nH]c3cccc(c13)C2. The van der Waals surface area contributed by atoms with Crippen LogP contribution in [0, 0.1) is 0 Å². The molecule has 2 heterocycles. The van der Waals surface area contributed by atoms with Crippen LogP contribution in [0.4, 0.5) is 5.95 Å². The number of rotatable bonds is 7. The highest BCUT2D eigenvalue weighted by Crippen LogP contribution is 2.38. The van der Waals surface area contributed by atoms with Gasteiger partial charge in [0.15, 0.2) is 0 Å². The number of hydrogen-bond donors (Lipinski definition) is 3. The molecule has 0 aliphatic heterocycles. The van der Waals surface area contributed by atoms with Crippen LogP contribution in [0.25, 0.3) is 22.2 Å². The Morgan fingerprint density at radius 2 is 2.19 bits per heavy atom. The smallest absolute Gasteiger partial charge is 0.223 e. The lowest BCUT2D eigenvalue weighted by atomic mass is 9.91. The number of benzene rings is 1. The maximum Gasteiger partial charge on any atom is 0.223 e. The van der Waals surface area contributed by atoms with Crippen molar-refractivity contribution in [2.24, 2.45) is 5.73 Å². The predicted octanol–water partition coefficient (Wildman–Crippen LogP) is 3.41. The fourth-order valence-electron chi connectivity index (χ4n) is 3.73. The first-order valence-electron chi connectivity index (χ1n) is 9.27. The maximum absolute atomic E-state index is 5.85. The molecular weight excluding hydrogens is 338 g/mol. The first-order chi connectivity index (χ1) is 12.7. The van der Waals surface area contributed by atoms with Crippen molar-refractivity contribution in [3.8, 4) is 11.3 Å². The maximum atomic E-state index is 5.85. The molecule has 4 rings (SSSR count). The molecule has 0 fully saturated rings. The molecule has 0 spiro atoms. The van der Waals surface area contributed by atoms with Crippen molar-refractivity contribution in [3.05, 3.63) is 41.7 Å². The lowest BCUT2D eigenvalue weighted by Gasteiger charge is -2.20. The molecule has 4 N–H and O–H groups in total. The van der Waals surface area contributed by atoms with Gasteiger partial charge in [-0.25, -0.2) is 9.97 Å². The minimum absolute atomic E-state index is 0.251. The quantitative estimate of drug-likeness (QED) is 0.440. The molecule has 1 aliphatic rings. The van der Waals surface area contributed by atoms with Crippen LogP contribution < -0.4 is 11.1 Å². The van der Waals surface area contributed by atoms with E-state index < -0.39 is 0 Å². The summed E-state index contributed by atoms with van der Waals surface area (Å²) in [6, 6.07) is 7.81. The van der Waals surface area contributed by atoms with Crippen LogP contribution in [0.5, 0.6) is 0 Å². The number of fused-ring (bicyclic) bond motifs is 2. The van der Waals surface area contributed by atoms with Gasteiger partial charge in [0, 0.05) is 63.2 Å². The monoisotopic (exact) mass is 362 g/mol. The molecule has 3 radical (unpaired) electrons. The fourth-order valence-corrected chi connectivity index (χ4v) is 4.04. The number of aromatic amines is 1. The minimum Gasteiger partial charge on any atom is -0.360 e. The molecule has 1 aromatic carbocycles. The molecule has 3 aromatic rings. The summed E-state index contributed by atoms with van der Waals surface area (Å²) in [6.07, 6.45) is 8.08. The Hall–Kier alpha value is -2.18. The van der Waals surface area contributed by atoms with Gasteiger partial charge in [0.2, 0.25) is 5.95 Å². The number of H-pyrrole nitrogens is 1. The Bertz CT molecular complexity index is 918. The lowest BCUT2D eigenvalue weighted by molar-refractivity contribution is 0.567. The Labute approximate surface area is 157 Å². The van der Waals surface area contributed by atoms with Gasteiger partial charge in [0.1, 0.15) is 0 Å². The molecule has 2 unspecified atom stereocenters. The Balaban J connectivity index is 1.58. The summed E-state index contributed by atoms with van der Waals surface area (Å²) < 4.78 is 0. The van der Waals surface area contributed by atoms with Crippen molar-refractivity contribution >= 4 is 27.1 Å². The number of hydrogen-bond acceptors (Lipinski definition) is 4. The van der Waals surface area contributed by atoms with Crippen LogP contribution in [-0.4, -0.2) is 37.3 Å². The molecule has 5 nitrogen and oxygen atoms in total. The standard InChI is InChI=1S/C20H24N5Si/c1-12(21)4-2-6-15(11-26)24-20-23-9-14-8-13-5-3-7-17-18(13)16(10-22-17)19(14)25-20/h3,5,7,9-10,12,15,22H,2,4,6,8,11,21H2,1H3,(H,23,24,25). The van der Waals surface area contributed by atoms with E-state index in [0.717, 1.165) is 37.4 Å². The van der Waals surface area contributed by atoms with Crippen molar-refractivity contribution in [2.75, 3.05) is 5.32 Å². The van der Waals surface area contributed by atoms with Crippen molar-refractivity contribution in [2.45, 2.75) is 50.7 Å². The van der Waals surface area contributed by atoms with Gasteiger partial charge in [-0.1, -0.05) is 12.1 Å². The van der Waals surface area contributed by atoms with Crippen molar-refractivity contribution < 1.29 is 0 Å². The molecular formula is C20H24N5Si. The number of anilines is 1. The zero-order valence-electron chi connectivity index (χ0n) is 15.0. The van der Waals surface area contributed by atoms with Crippen molar-refractivity contribution in [1.29, 1.82) is 0 Å². The van der Waals surface area contributed by atoms with E-state index in [4.69, 9.17) is 10.7 Å². The third-order valence-electron chi connectivity index (χ3n) is 5.08.